The first-order valence-electron chi connectivity index (χ1n) is 4.75. The van der Waals surface area contributed by atoms with Crippen molar-refractivity contribution >= 4 is 15.9 Å². The summed E-state index contributed by atoms with van der Waals surface area (Å²) in [6.45, 7) is 2.35. The molecule has 0 aliphatic rings. The fourth-order valence-corrected chi connectivity index (χ4v) is 1.52. The monoisotopic (exact) mass is 260 g/mol. The summed E-state index contributed by atoms with van der Waals surface area (Å²) in [4.78, 5) is 0. The van der Waals surface area contributed by atoms with Gasteiger partial charge in [0.2, 0.25) is 0 Å². The Labute approximate surface area is 92.4 Å². The minimum absolute atomic E-state index is 0.283. The van der Waals surface area contributed by atoms with Crippen molar-refractivity contribution in [2.45, 2.75) is 19.8 Å². The van der Waals surface area contributed by atoms with Crippen molar-refractivity contribution in [2.75, 3.05) is 11.9 Å². The van der Waals surface area contributed by atoms with Crippen molar-refractivity contribution in [2.24, 2.45) is 0 Å². The molecule has 1 rings (SSSR count). The number of ether oxygens (including phenoxy) is 1. The second-order valence-electron chi connectivity index (χ2n) is 2.99. The van der Waals surface area contributed by atoms with Gasteiger partial charge < -0.3 is 4.74 Å². The van der Waals surface area contributed by atoms with Crippen LogP contribution in [0, 0.1) is 5.82 Å². The number of halogens is 2. The van der Waals surface area contributed by atoms with Crippen molar-refractivity contribution in [1.29, 1.82) is 0 Å². The lowest BCUT2D eigenvalue weighted by molar-refractivity contribution is 0.321. The van der Waals surface area contributed by atoms with E-state index in [9.17, 15) is 4.39 Å². The second-order valence-corrected chi connectivity index (χ2v) is 3.78. The highest BCUT2D eigenvalue weighted by molar-refractivity contribution is 9.09. The number of alkyl halides is 1. The molecule has 78 valence electrons. The van der Waals surface area contributed by atoms with Crippen LogP contribution in [0.15, 0.2) is 18.2 Å². The molecule has 0 aliphatic carbocycles. The number of hydrogen-bond acceptors (Lipinski definition) is 1. The average molecular weight is 261 g/mol. The highest BCUT2D eigenvalue weighted by atomic mass is 79.9. The van der Waals surface area contributed by atoms with Crippen LogP contribution in [0.25, 0.3) is 0 Å². The second kappa shape index (κ2) is 6.02. The van der Waals surface area contributed by atoms with Gasteiger partial charge in [0.1, 0.15) is 0 Å². The normalized spacial score (nSPS) is 10.2. The number of hydrogen-bond donors (Lipinski definition) is 0. The van der Waals surface area contributed by atoms with E-state index in [2.05, 4.69) is 15.9 Å². The van der Waals surface area contributed by atoms with E-state index >= 15 is 0 Å². The van der Waals surface area contributed by atoms with Gasteiger partial charge in [-0.25, -0.2) is 4.39 Å². The van der Waals surface area contributed by atoms with E-state index in [1.165, 1.54) is 6.07 Å². The molecule has 1 aromatic carbocycles. The molecule has 0 fully saturated rings. The van der Waals surface area contributed by atoms with Gasteiger partial charge in [0.25, 0.3) is 0 Å². The third-order valence-electron chi connectivity index (χ3n) is 1.89. The van der Waals surface area contributed by atoms with Crippen LogP contribution in [0.2, 0.25) is 0 Å². The summed E-state index contributed by atoms with van der Waals surface area (Å²) >= 11 is 3.37. The quantitative estimate of drug-likeness (QED) is 0.736. The maximum Gasteiger partial charge on any atom is 0.165 e. The van der Waals surface area contributed by atoms with Gasteiger partial charge in [-0.15, -0.1) is 0 Å². The van der Waals surface area contributed by atoms with Gasteiger partial charge >= 0.3 is 0 Å². The summed E-state index contributed by atoms with van der Waals surface area (Å²) in [6, 6.07) is 5.05. The Balaban J connectivity index is 2.72. The Hall–Kier alpha value is -0.570. The van der Waals surface area contributed by atoms with E-state index < -0.39 is 0 Å². The largest absolute Gasteiger partial charge is 0.491 e. The molecule has 0 saturated carbocycles. The summed E-state index contributed by atoms with van der Waals surface area (Å²) < 4.78 is 18.3. The summed E-state index contributed by atoms with van der Waals surface area (Å²) in [5, 5.41) is 0.967. The third kappa shape index (κ3) is 3.29. The van der Waals surface area contributed by atoms with Crippen LogP contribution in [0.5, 0.6) is 5.75 Å². The summed E-state index contributed by atoms with van der Waals surface area (Å²) in [5.74, 6) is 0.0778. The first kappa shape index (κ1) is 11.5. The highest BCUT2D eigenvalue weighted by Gasteiger charge is 2.03. The highest BCUT2D eigenvalue weighted by Crippen LogP contribution is 2.19. The van der Waals surface area contributed by atoms with Crippen LogP contribution in [0.3, 0.4) is 0 Å². The van der Waals surface area contributed by atoms with Crippen molar-refractivity contribution < 1.29 is 9.13 Å². The Bertz CT molecular complexity index is 289. The predicted octanol–water partition coefficient (Wildman–Crippen LogP) is 3.55. The zero-order valence-corrected chi connectivity index (χ0v) is 9.81. The zero-order chi connectivity index (χ0) is 10.4. The molecule has 0 bridgehead atoms. The minimum atomic E-state index is -0.283. The van der Waals surface area contributed by atoms with Gasteiger partial charge in [-0.2, -0.15) is 0 Å². The number of aryl methyl sites for hydroxylation is 1. The Kier molecular flexibility index (Phi) is 4.94. The summed E-state index contributed by atoms with van der Waals surface area (Å²) in [5.41, 5.74) is 1.12. The average Bonchev–Trinajstić information content (AvgIpc) is 2.19. The van der Waals surface area contributed by atoms with Gasteiger partial charge in [-0.05, 0) is 37.5 Å². The Morgan fingerprint density at radius 1 is 1.43 bits per heavy atom. The van der Waals surface area contributed by atoms with Crippen LogP contribution in [-0.2, 0) is 6.42 Å². The lowest BCUT2D eigenvalue weighted by Gasteiger charge is -2.06. The molecule has 3 heteroatoms. The van der Waals surface area contributed by atoms with Crippen molar-refractivity contribution in [3.05, 3.63) is 29.6 Å². The molecule has 14 heavy (non-hydrogen) atoms. The van der Waals surface area contributed by atoms with Gasteiger partial charge in [-0.3, -0.25) is 0 Å². The van der Waals surface area contributed by atoms with E-state index in [0.29, 0.717) is 12.4 Å². The first-order chi connectivity index (χ1) is 6.77. The first-order valence-corrected chi connectivity index (χ1v) is 5.87. The van der Waals surface area contributed by atoms with Gasteiger partial charge in [0.05, 0.1) is 6.61 Å². The van der Waals surface area contributed by atoms with E-state index in [1.807, 2.05) is 6.92 Å². The molecule has 0 radical (unpaired) electrons. The lowest BCUT2D eigenvalue weighted by atomic mass is 10.1. The van der Waals surface area contributed by atoms with Crippen LogP contribution in [0.4, 0.5) is 4.39 Å². The molecule has 0 atom stereocenters. The van der Waals surface area contributed by atoms with Crippen LogP contribution < -0.4 is 4.74 Å². The molecular weight excluding hydrogens is 247 g/mol. The number of rotatable bonds is 5. The minimum Gasteiger partial charge on any atom is -0.491 e. The molecule has 0 aromatic heterocycles. The smallest absolute Gasteiger partial charge is 0.165 e. The van der Waals surface area contributed by atoms with Gasteiger partial charge in [-0.1, -0.05) is 22.0 Å². The molecule has 0 spiro atoms. The fourth-order valence-electron chi connectivity index (χ4n) is 1.24. The SMILES string of the molecule is CCOc1cc(CCCBr)ccc1F. The number of benzene rings is 1. The molecule has 1 aromatic rings. The van der Waals surface area contributed by atoms with Gasteiger partial charge in [0.15, 0.2) is 11.6 Å². The Morgan fingerprint density at radius 2 is 2.21 bits per heavy atom. The molecule has 0 saturated heterocycles. The molecule has 0 aliphatic heterocycles. The third-order valence-corrected chi connectivity index (χ3v) is 2.46. The summed E-state index contributed by atoms with van der Waals surface area (Å²) in [6.07, 6.45) is 2.00. The maximum absolute atomic E-state index is 13.1. The van der Waals surface area contributed by atoms with Crippen LogP contribution >= 0.6 is 15.9 Å². The topological polar surface area (TPSA) is 9.23 Å². The van der Waals surface area contributed by atoms with Crippen molar-refractivity contribution in [3.63, 3.8) is 0 Å². The van der Waals surface area contributed by atoms with Gasteiger partial charge in [0, 0.05) is 5.33 Å². The zero-order valence-electron chi connectivity index (χ0n) is 8.22. The maximum atomic E-state index is 13.1. The predicted molar refractivity (Wildman–Crippen MR) is 59.7 cm³/mol. The standard InChI is InChI=1S/C11H14BrFO/c1-2-14-11-8-9(4-3-7-12)5-6-10(11)13/h5-6,8H,2-4,7H2,1H3. The summed E-state index contributed by atoms with van der Waals surface area (Å²) in [7, 11) is 0. The molecule has 0 amide bonds. The molecule has 1 nitrogen and oxygen atoms in total. The molecule has 0 heterocycles. The molecule has 0 unspecified atom stereocenters. The lowest BCUT2D eigenvalue weighted by Crippen LogP contribution is -1.96. The van der Waals surface area contributed by atoms with Crippen molar-refractivity contribution in [3.8, 4) is 5.75 Å². The molecular formula is C11H14BrFO. The van der Waals surface area contributed by atoms with E-state index in [4.69, 9.17) is 4.74 Å². The molecule has 0 N–H and O–H groups in total. The van der Waals surface area contributed by atoms with Crippen molar-refractivity contribution in [1.82, 2.24) is 0 Å². The van der Waals surface area contributed by atoms with Crippen LogP contribution in [-0.4, -0.2) is 11.9 Å². The van der Waals surface area contributed by atoms with E-state index in [1.54, 1.807) is 12.1 Å². The Morgan fingerprint density at radius 3 is 2.86 bits per heavy atom. The van der Waals surface area contributed by atoms with E-state index in [-0.39, 0.29) is 5.82 Å². The van der Waals surface area contributed by atoms with E-state index in [0.717, 1.165) is 23.7 Å². The van der Waals surface area contributed by atoms with Crippen LogP contribution in [0.1, 0.15) is 18.9 Å². The fraction of sp³-hybridized carbons (Fsp3) is 0.455.